The molecule has 4 heteroatoms. The maximum atomic E-state index is 8.70. The molecule has 0 atom stereocenters. The van der Waals surface area contributed by atoms with Crippen LogP contribution in [-0.4, -0.2) is 40.7 Å². The minimum atomic E-state index is 0.246. The van der Waals surface area contributed by atoms with Crippen molar-refractivity contribution in [2.75, 3.05) is 19.7 Å². The molecule has 0 amide bonds. The van der Waals surface area contributed by atoms with Crippen molar-refractivity contribution in [3.63, 3.8) is 0 Å². The molecule has 0 rings (SSSR count). The lowest BCUT2D eigenvalue weighted by Gasteiger charge is -2.25. The van der Waals surface area contributed by atoms with E-state index >= 15 is 0 Å². The van der Waals surface area contributed by atoms with E-state index in [4.69, 9.17) is 23.1 Å². The zero-order valence-electron chi connectivity index (χ0n) is 8.49. The van der Waals surface area contributed by atoms with Crippen molar-refractivity contribution in [1.29, 1.82) is 0 Å². The molecule has 0 aliphatic carbocycles. The molecular weight excluding hydrogens is 184 g/mol. The summed E-state index contributed by atoms with van der Waals surface area (Å²) < 4.78 is 0. The van der Waals surface area contributed by atoms with Crippen LogP contribution in [0.15, 0.2) is 0 Å². The first-order valence-electron chi connectivity index (χ1n) is 4.71. The second-order valence-corrected chi connectivity index (χ2v) is 3.95. The zero-order chi connectivity index (χ0) is 10.3. The van der Waals surface area contributed by atoms with Gasteiger partial charge in [-0.05, 0) is 20.3 Å². The maximum Gasteiger partial charge on any atom is 0.0740 e. The lowest BCUT2D eigenvalue weighted by molar-refractivity contribution is 0.196. The van der Waals surface area contributed by atoms with Gasteiger partial charge in [-0.25, -0.2) is 0 Å². The summed E-state index contributed by atoms with van der Waals surface area (Å²) in [4.78, 5) is 2.84. The van der Waals surface area contributed by atoms with Gasteiger partial charge in [-0.3, -0.25) is 0 Å². The van der Waals surface area contributed by atoms with Gasteiger partial charge in [-0.1, -0.05) is 12.2 Å². The Hall–Kier alpha value is -0.190. The number of nitrogens with zero attached hydrogens (tertiary/aromatic N) is 1. The van der Waals surface area contributed by atoms with E-state index in [2.05, 4.69) is 18.7 Å². The third kappa shape index (κ3) is 6.93. The average molecular weight is 204 g/mol. The van der Waals surface area contributed by atoms with Crippen molar-refractivity contribution < 1.29 is 5.11 Å². The maximum absolute atomic E-state index is 8.70. The van der Waals surface area contributed by atoms with Crippen molar-refractivity contribution in [2.24, 2.45) is 5.73 Å². The van der Waals surface area contributed by atoms with E-state index < -0.39 is 0 Å². The largest absolute Gasteiger partial charge is 0.396 e. The Balaban J connectivity index is 3.73. The predicted octanol–water partition coefficient (Wildman–Crippen LogP) is 0.755. The minimum absolute atomic E-state index is 0.246. The number of hydrogen-bond donors (Lipinski definition) is 2. The van der Waals surface area contributed by atoms with Gasteiger partial charge in [-0.2, -0.15) is 0 Å². The summed E-state index contributed by atoms with van der Waals surface area (Å²) in [6.45, 7) is 6.33. The molecule has 0 bridgehead atoms. The molecule has 0 aromatic carbocycles. The van der Waals surface area contributed by atoms with Gasteiger partial charge in [0.25, 0.3) is 0 Å². The third-order valence-electron chi connectivity index (χ3n) is 1.98. The number of aliphatic hydroxyl groups excluding tert-OH is 1. The van der Waals surface area contributed by atoms with Gasteiger partial charge in [0.2, 0.25) is 0 Å². The molecule has 0 aliphatic heterocycles. The van der Waals surface area contributed by atoms with Crippen LogP contribution in [0.3, 0.4) is 0 Å². The Labute approximate surface area is 85.9 Å². The third-order valence-corrected chi connectivity index (χ3v) is 2.18. The molecule has 78 valence electrons. The van der Waals surface area contributed by atoms with Crippen molar-refractivity contribution in [1.82, 2.24) is 4.90 Å². The first-order chi connectivity index (χ1) is 6.07. The molecule has 0 aromatic rings. The molecule has 0 saturated heterocycles. The van der Waals surface area contributed by atoms with Crippen molar-refractivity contribution in [2.45, 2.75) is 32.7 Å². The van der Waals surface area contributed by atoms with Crippen LogP contribution < -0.4 is 5.73 Å². The van der Waals surface area contributed by atoms with Crippen LogP contribution in [0.1, 0.15) is 26.7 Å². The van der Waals surface area contributed by atoms with Gasteiger partial charge in [0, 0.05) is 32.2 Å². The topological polar surface area (TPSA) is 49.5 Å². The Morgan fingerprint density at radius 1 is 1.46 bits per heavy atom. The molecular formula is C9H20N2OS. The predicted molar refractivity (Wildman–Crippen MR) is 59.8 cm³/mol. The molecule has 0 heterocycles. The monoisotopic (exact) mass is 204 g/mol. The van der Waals surface area contributed by atoms with Crippen LogP contribution in [0.4, 0.5) is 0 Å². The van der Waals surface area contributed by atoms with Gasteiger partial charge >= 0.3 is 0 Å². The van der Waals surface area contributed by atoms with Crippen LogP contribution in [0, 0.1) is 0 Å². The smallest absolute Gasteiger partial charge is 0.0740 e. The number of rotatable bonds is 7. The molecule has 0 fully saturated rings. The molecule has 13 heavy (non-hydrogen) atoms. The van der Waals surface area contributed by atoms with E-state index in [1.165, 1.54) is 0 Å². The summed E-state index contributed by atoms with van der Waals surface area (Å²) in [6, 6.07) is 0.487. The summed E-state index contributed by atoms with van der Waals surface area (Å²) in [5.41, 5.74) is 5.42. The van der Waals surface area contributed by atoms with Crippen LogP contribution in [-0.2, 0) is 0 Å². The Kier molecular flexibility index (Phi) is 7.13. The van der Waals surface area contributed by atoms with Crippen LogP contribution >= 0.6 is 12.2 Å². The molecule has 3 nitrogen and oxygen atoms in total. The average Bonchev–Trinajstić information content (AvgIpc) is 2.03. The van der Waals surface area contributed by atoms with Crippen LogP contribution in [0.25, 0.3) is 0 Å². The normalized spacial score (nSPS) is 11.2. The first-order valence-corrected chi connectivity index (χ1v) is 5.12. The van der Waals surface area contributed by atoms with E-state index in [9.17, 15) is 0 Å². The zero-order valence-corrected chi connectivity index (χ0v) is 9.31. The highest BCUT2D eigenvalue weighted by Crippen LogP contribution is 2.00. The Bertz CT molecular complexity index is 151. The van der Waals surface area contributed by atoms with Crippen LogP contribution in [0.5, 0.6) is 0 Å². The molecule has 0 unspecified atom stereocenters. The van der Waals surface area contributed by atoms with Crippen molar-refractivity contribution in [3.8, 4) is 0 Å². The minimum Gasteiger partial charge on any atom is -0.396 e. The second kappa shape index (κ2) is 7.24. The fourth-order valence-corrected chi connectivity index (χ4v) is 1.25. The van der Waals surface area contributed by atoms with E-state index in [-0.39, 0.29) is 6.61 Å². The molecule has 0 spiro atoms. The fraction of sp³-hybridized carbons (Fsp3) is 0.889. The molecule has 0 radical (unpaired) electrons. The number of thiocarbonyl (C=S) groups is 1. The highest BCUT2D eigenvalue weighted by Gasteiger charge is 2.08. The SMILES string of the molecule is CC(C)N(CCCO)CCC(N)=S. The summed E-state index contributed by atoms with van der Waals surface area (Å²) in [7, 11) is 0. The van der Waals surface area contributed by atoms with Gasteiger partial charge in [0.15, 0.2) is 0 Å². The molecule has 0 saturated carbocycles. The highest BCUT2D eigenvalue weighted by atomic mass is 32.1. The van der Waals surface area contributed by atoms with Gasteiger partial charge in [-0.15, -0.1) is 0 Å². The Morgan fingerprint density at radius 3 is 2.46 bits per heavy atom. The summed E-state index contributed by atoms with van der Waals surface area (Å²) in [5.74, 6) is 0. The quantitative estimate of drug-likeness (QED) is 0.601. The van der Waals surface area contributed by atoms with E-state index in [0.717, 1.165) is 25.9 Å². The summed E-state index contributed by atoms with van der Waals surface area (Å²) >= 11 is 4.81. The summed E-state index contributed by atoms with van der Waals surface area (Å²) in [6.07, 6.45) is 1.58. The van der Waals surface area contributed by atoms with Crippen molar-refractivity contribution in [3.05, 3.63) is 0 Å². The Morgan fingerprint density at radius 2 is 2.08 bits per heavy atom. The lowest BCUT2D eigenvalue weighted by atomic mass is 10.2. The first kappa shape index (κ1) is 12.8. The molecule has 0 aromatic heterocycles. The number of nitrogens with two attached hydrogens (primary N) is 1. The van der Waals surface area contributed by atoms with E-state index in [1.54, 1.807) is 0 Å². The molecule has 3 N–H and O–H groups in total. The highest BCUT2D eigenvalue weighted by molar-refractivity contribution is 7.80. The van der Waals surface area contributed by atoms with E-state index in [1.807, 2.05) is 0 Å². The van der Waals surface area contributed by atoms with Gasteiger partial charge in [0.1, 0.15) is 0 Å². The standard InChI is InChI=1S/C9H20N2OS/c1-8(2)11(5-3-7-12)6-4-9(10)13/h8,12H,3-7H2,1-2H3,(H2,10,13). The second-order valence-electron chi connectivity index (χ2n) is 3.42. The fourth-order valence-electron chi connectivity index (χ4n) is 1.16. The number of hydrogen-bond acceptors (Lipinski definition) is 3. The van der Waals surface area contributed by atoms with Crippen molar-refractivity contribution >= 4 is 17.2 Å². The van der Waals surface area contributed by atoms with Crippen LogP contribution in [0.2, 0.25) is 0 Å². The van der Waals surface area contributed by atoms with Gasteiger partial charge in [0.05, 0.1) is 4.99 Å². The van der Waals surface area contributed by atoms with Gasteiger partial charge < -0.3 is 15.7 Å². The lowest BCUT2D eigenvalue weighted by Crippen LogP contribution is -2.34. The van der Waals surface area contributed by atoms with E-state index in [0.29, 0.717) is 11.0 Å². The summed E-state index contributed by atoms with van der Waals surface area (Å²) in [5, 5.41) is 8.70. The number of aliphatic hydroxyl groups is 1. The molecule has 0 aliphatic rings.